The topological polar surface area (TPSA) is 52.0 Å². The van der Waals surface area contributed by atoms with Gasteiger partial charge in [-0.25, -0.2) is 0 Å². The van der Waals surface area contributed by atoms with E-state index in [1.165, 1.54) is 0 Å². The van der Waals surface area contributed by atoms with Crippen LogP contribution in [0.4, 0.5) is 0 Å². The predicted octanol–water partition coefficient (Wildman–Crippen LogP) is 0.508. The highest BCUT2D eigenvalue weighted by Crippen LogP contribution is 1.20. The van der Waals surface area contributed by atoms with Crippen LogP contribution in [0.5, 0.6) is 0 Å². The van der Waals surface area contributed by atoms with Gasteiger partial charge < -0.3 is 11.5 Å². The fraction of sp³-hybridized carbons (Fsp3) is 1.00. The van der Waals surface area contributed by atoms with Crippen molar-refractivity contribution >= 4 is 17.0 Å². The predicted molar refractivity (Wildman–Crippen MR) is 39.8 cm³/mol. The molecule has 0 amide bonds. The van der Waals surface area contributed by atoms with E-state index in [4.69, 9.17) is 11.5 Å². The lowest BCUT2D eigenvalue weighted by Gasteiger charge is -1.53. The van der Waals surface area contributed by atoms with Gasteiger partial charge in [0.15, 0.2) is 0 Å². The van der Waals surface area contributed by atoms with Crippen molar-refractivity contribution in [3.63, 3.8) is 0 Å². The van der Waals surface area contributed by atoms with Crippen LogP contribution < -0.4 is 11.5 Å². The van der Waals surface area contributed by atoms with E-state index in [-0.39, 0.29) is 17.0 Å². The first-order valence-corrected chi connectivity index (χ1v) is 2.23. The summed E-state index contributed by atoms with van der Waals surface area (Å²) < 4.78 is 0. The van der Waals surface area contributed by atoms with Gasteiger partial charge in [-0.1, -0.05) is 13.8 Å². The minimum absolute atomic E-state index is 0. The first kappa shape index (κ1) is 15.7. The number of nitrogens with two attached hydrogens (primary N) is 2. The molecule has 0 aliphatic rings. The fourth-order valence-corrected chi connectivity index (χ4v) is 0. The lowest BCUT2D eigenvalue weighted by molar-refractivity contribution is 1.14. The normalized spacial score (nSPS) is 5.14. The van der Waals surface area contributed by atoms with Crippen molar-refractivity contribution in [2.45, 2.75) is 13.8 Å². The summed E-state index contributed by atoms with van der Waals surface area (Å²) >= 11 is 0. The van der Waals surface area contributed by atoms with Crippen molar-refractivity contribution < 1.29 is 0 Å². The molecule has 0 aromatic carbocycles. The van der Waals surface area contributed by atoms with Crippen LogP contribution in [-0.2, 0) is 0 Å². The van der Waals surface area contributed by atoms with Crippen molar-refractivity contribution in [2.75, 3.05) is 13.1 Å². The van der Waals surface area contributed by atoms with Crippen LogP contribution in [0.15, 0.2) is 0 Å². The highest BCUT2D eigenvalue weighted by atomic mass is 79.9. The molecule has 0 aromatic rings. The quantitative estimate of drug-likeness (QED) is 0.557. The highest BCUT2D eigenvalue weighted by molar-refractivity contribution is 8.93. The molecule has 0 saturated carbocycles. The van der Waals surface area contributed by atoms with Gasteiger partial charge in [-0.2, -0.15) is 0 Å². The first-order valence-electron chi connectivity index (χ1n) is 2.23. The van der Waals surface area contributed by atoms with Crippen LogP contribution in [0, 0.1) is 0 Å². The SMILES string of the molecule is Br.CCN.CCN. The highest BCUT2D eigenvalue weighted by Gasteiger charge is 1.33. The Kier molecular flexibility index (Phi) is 72.5. The molecule has 0 saturated heterocycles. The Morgan fingerprint density at radius 1 is 1.00 bits per heavy atom. The van der Waals surface area contributed by atoms with Crippen molar-refractivity contribution in [2.24, 2.45) is 11.5 Å². The second-order valence-electron chi connectivity index (χ2n) is 0.816. The molecule has 0 aliphatic heterocycles. The van der Waals surface area contributed by atoms with E-state index in [0.29, 0.717) is 0 Å². The maximum atomic E-state index is 4.85. The second kappa shape index (κ2) is 32.4. The molecular weight excluding hydrogens is 156 g/mol. The maximum Gasteiger partial charge on any atom is -0.0106 e. The Hall–Kier alpha value is 0.400. The molecule has 0 atom stereocenters. The van der Waals surface area contributed by atoms with Crippen LogP contribution in [0.25, 0.3) is 0 Å². The summed E-state index contributed by atoms with van der Waals surface area (Å²) in [6.45, 7) is 5.31. The molecule has 0 aromatic heterocycles. The molecule has 7 heavy (non-hydrogen) atoms. The van der Waals surface area contributed by atoms with E-state index in [0.717, 1.165) is 13.1 Å². The monoisotopic (exact) mass is 170 g/mol. The third kappa shape index (κ3) is 774. The number of rotatable bonds is 0. The van der Waals surface area contributed by atoms with Crippen molar-refractivity contribution in [1.29, 1.82) is 0 Å². The Balaban J connectivity index is -0.0000000400. The minimum Gasteiger partial charge on any atom is -0.331 e. The molecule has 4 N–H and O–H groups in total. The number of hydrogen-bond acceptors (Lipinski definition) is 2. The van der Waals surface area contributed by atoms with Crippen LogP contribution in [-0.4, -0.2) is 13.1 Å². The summed E-state index contributed by atoms with van der Waals surface area (Å²) in [5, 5.41) is 0. The molecule has 3 heteroatoms. The lowest BCUT2D eigenvalue weighted by atomic mass is 10.8. The average Bonchev–Trinajstić information content (AvgIpc) is 1.39. The molecule has 0 spiro atoms. The standard InChI is InChI=1S/2C2H7N.BrH/c2*1-2-3;/h2*2-3H2,1H3;1H. The Labute approximate surface area is 56.0 Å². The zero-order valence-corrected chi connectivity index (χ0v) is 6.69. The van der Waals surface area contributed by atoms with Gasteiger partial charge in [-0.3, -0.25) is 0 Å². The summed E-state index contributed by atoms with van der Waals surface area (Å²) in [7, 11) is 0. The van der Waals surface area contributed by atoms with Crippen LogP contribution in [0.3, 0.4) is 0 Å². The maximum absolute atomic E-state index is 4.85. The van der Waals surface area contributed by atoms with Gasteiger partial charge in [0.2, 0.25) is 0 Å². The molecule has 0 rings (SSSR count). The number of hydrogen-bond donors (Lipinski definition) is 2. The summed E-state index contributed by atoms with van der Waals surface area (Å²) in [5.74, 6) is 0. The zero-order chi connectivity index (χ0) is 5.41. The average molecular weight is 171 g/mol. The van der Waals surface area contributed by atoms with Gasteiger partial charge in [-0.15, -0.1) is 17.0 Å². The molecule has 2 nitrogen and oxygen atoms in total. The van der Waals surface area contributed by atoms with E-state index in [2.05, 4.69) is 0 Å². The minimum atomic E-state index is 0. The third-order valence-corrected chi connectivity index (χ3v) is 0. The Morgan fingerprint density at radius 2 is 1.00 bits per heavy atom. The van der Waals surface area contributed by atoms with E-state index in [9.17, 15) is 0 Å². The van der Waals surface area contributed by atoms with Crippen molar-refractivity contribution in [3.05, 3.63) is 0 Å². The van der Waals surface area contributed by atoms with E-state index in [1.807, 2.05) is 13.8 Å². The number of halogens is 1. The molecule has 0 radical (unpaired) electrons. The van der Waals surface area contributed by atoms with E-state index < -0.39 is 0 Å². The molecule has 0 fully saturated rings. The zero-order valence-electron chi connectivity index (χ0n) is 4.98. The van der Waals surface area contributed by atoms with Crippen LogP contribution >= 0.6 is 17.0 Å². The van der Waals surface area contributed by atoms with Crippen LogP contribution in [0.2, 0.25) is 0 Å². The van der Waals surface area contributed by atoms with Crippen LogP contribution in [0.1, 0.15) is 13.8 Å². The second-order valence-corrected chi connectivity index (χ2v) is 0.816. The van der Waals surface area contributed by atoms with Gasteiger partial charge >= 0.3 is 0 Å². The molecule has 0 unspecified atom stereocenters. The van der Waals surface area contributed by atoms with Gasteiger partial charge in [-0.05, 0) is 13.1 Å². The molecule has 0 aliphatic carbocycles. The van der Waals surface area contributed by atoms with Gasteiger partial charge in [0, 0.05) is 0 Å². The Bertz CT molecular complexity index is 11.7. The molecule has 0 bridgehead atoms. The summed E-state index contributed by atoms with van der Waals surface area (Å²) in [4.78, 5) is 0. The lowest BCUT2D eigenvalue weighted by Crippen LogP contribution is -1.87. The Morgan fingerprint density at radius 3 is 1.00 bits per heavy atom. The summed E-state index contributed by atoms with van der Waals surface area (Å²) in [5.41, 5.74) is 9.69. The first-order chi connectivity index (χ1) is 2.83. The van der Waals surface area contributed by atoms with Crippen molar-refractivity contribution in [3.8, 4) is 0 Å². The summed E-state index contributed by atoms with van der Waals surface area (Å²) in [6.07, 6.45) is 0. The van der Waals surface area contributed by atoms with Gasteiger partial charge in [0.05, 0.1) is 0 Å². The fourth-order valence-electron chi connectivity index (χ4n) is 0. The van der Waals surface area contributed by atoms with E-state index >= 15 is 0 Å². The van der Waals surface area contributed by atoms with Gasteiger partial charge in [0.1, 0.15) is 0 Å². The van der Waals surface area contributed by atoms with Crippen molar-refractivity contribution in [1.82, 2.24) is 0 Å². The molecular formula is C4H15BrN2. The summed E-state index contributed by atoms with van der Waals surface area (Å²) in [6, 6.07) is 0. The third-order valence-electron chi connectivity index (χ3n) is 0. The van der Waals surface area contributed by atoms with Gasteiger partial charge in [0.25, 0.3) is 0 Å². The molecule has 0 heterocycles. The smallest absolute Gasteiger partial charge is 0.0106 e. The largest absolute Gasteiger partial charge is 0.331 e. The van der Waals surface area contributed by atoms with E-state index in [1.54, 1.807) is 0 Å². The molecule has 48 valence electrons.